The summed E-state index contributed by atoms with van der Waals surface area (Å²) in [7, 11) is 1.63. The van der Waals surface area contributed by atoms with Crippen molar-refractivity contribution in [3.8, 4) is 5.75 Å². The van der Waals surface area contributed by atoms with Crippen LogP contribution in [0.4, 0.5) is 0 Å². The lowest BCUT2D eigenvalue weighted by molar-refractivity contribution is -0.127. The minimum absolute atomic E-state index is 0.00391. The molecule has 2 N–H and O–H groups in total. The molecule has 132 valence electrons. The third-order valence-corrected chi connectivity index (χ3v) is 5.94. The number of hydrogen-bond acceptors (Lipinski definition) is 5. The third kappa shape index (κ3) is 2.63. The van der Waals surface area contributed by atoms with E-state index in [4.69, 9.17) is 4.74 Å². The van der Waals surface area contributed by atoms with Crippen LogP contribution in [0.3, 0.4) is 0 Å². The van der Waals surface area contributed by atoms with Crippen LogP contribution in [0.1, 0.15) is 24.5 Å². The normalized spacial score (nSPS) is 32.5. The largest absolute Gasteiger partial charge is 0.497 e. The molecule has 5 heteroatoms. The molecule has 3 saturated heterocycles. The Kier molecular flexibility index (Phi) is 4.02. The number of methoxy groups -OCH3 is 1. The Hall–Kier alpha value is -1.95. The summed E-state index contributed by atoms with van der Waals surface area (Å²) in [6, 6.07) is 7.60. The number of benzene rings is 1. The minimum Gasteiger partial charge on any atom is -0.497 e. The predicted octanol–water partition coefficient (Wildman–Crippen LogP) is 2.29. The Morgan fingerprint density at radius 1 is 1.44 bits per heavy atom. The van der Waals surface area contributed by atoms with Gasteiger partial charge in [-0.25, -0.2) is 0 Å². The highest BCUT2D eigenvalue weighted by molar-refractivity contribution is 5.83. The van der Waals surface area contributed by atoms with E-state index in [0.717, 1.165) is 41.6 Å². The van der Waals surface area contributed by atoms with Gasteiger partial charge in [-0.05, 0) is 55.1 Å². The lowest BCUT2D eigenvalue weighted by Crippen LogP contribution is -2.63. The zero-order valence-electron chi connectivity index (χ0n) is 14.4. The van der Waals surface area contributed by atoms with Gasteiger partial charge >= 0.3 is 0 Å². The van der Waals surface area contributed by atoms with Crippen molar-refractivity contribution in [2.45, 2.75) is 30.6 Å². The molecule has 0 radical (unpaired) electrons. The van der Waals surface area contributed by atoms with Crippen molar-refractivity contribution in [3.05, 3.63) is 48.7 Å². The molecule has 4 heterocycles. The number of fused-ring (bicyclic) bond motifs is 4. The molecule has 5 nitrogen and oxygen atoms in total. The SMILES string of the molecule is C=C[C@@]1(O)CN2CC[C@@H]1C[C@H]2[C@H](O)c1ccnc2ccc(OC)cc12. The van der Waals surface area contributed by atoms with Crippen molar-refractivity contribution in [1.29, 1.82) is 0 Å². The van der Waals surface area contributed by atoms with E-state index in [0.29, 0.717) is 6.54 Å². The lowest BCUT2D eigenvalue weighted by atomic mass is 9.71. The van der Waals surface area contributed by atoms with Crippen LogP contribution in [0.5, 0.6) is 5.75 Å². The number of nitrogens with zero attached hydrogens (tertiary/aromatic N) is 2. The smallest absolute Gasteiger partial charge is 0.119 e. The standard InChI is InChI=1S/C20H24N2O3/c1-3-20(24)12-22-9-7-13(20)10-18(22)19(23)15-6-8-21-17-5-4-14(25-2)11-16(15)17/h3-6,8,11,13,18-19,23-24H,1,7,9-10,12H2,2H3/t13-,18+,19-,20-/m1/s1. The summed E-state index contributed by atoms with van der Waals surface area (Å²) in [6.45, 7) is 5.24. The molecule has 25 heavy (non-hydrogen) atoms. The fourth-order valence-corrected chi connectivity index (χ4v) is 4.45. The summed E-state index contributed by atoms with van der Waals surface area (Å²) in [4.78, 5) is 6.59. The molecule has 1 unspecified atom stereocenters. The highest BCUT2D eigenvalue weighted by atomic mass is 16.5. The summed E-state index contributed by atoms with van der Waals surface area (Å²) < 4.78 is 5.33. The zero-order chi connectivity index (χ0) is 17.6. The van der Waals surface area contributed by atoms with E-state index in [2.05, 4.69) is 16.5 Å². The van der Waals surface area contributed by atoms with E-state index in [1.54, 1.807) is 19.4 Å². The van der Waals surface area contributed by atoms with Crippen molar-refractivity contribution >= 4 is 10.9 Å². The van der Waals surface area contributed by atoms with Crippen molar-refractivity contribution in [2.24, 2.45) is 5.92 Å². The first-order chi connectivity index (χ1) is 12.1. The Morgan fingerprint density at radius 3 is 2.96 bits per heavy atom. The monoisotopic (exact) mass is 340 g/mol. The Labute approximate surface area is 147 Å². The molecule has 3 aliphatic rings. The maximum atomic E-state index is 11.2. The van der Waals surface area contributed by atoms with Crippen LogP contribution in [0.2, 0.25) is 0 Å². The van der Waals surface area contributed by atoms with E-state index in [1.165, 1.54) is 0 Å². The summed E-state index contributed by atoms with van der Waals surface area (Å²) in [5.74, 6) is 0.901. The predicted molar refractivity (Wildman–Crippen MR) is 96.5 cm³/mol. The summed E-state index contributed by atoms with van der Waals surface area (Å²) >= 11 is 0. The first kappa shape index (κ1) is 16.5. The second-order valence-corrected chi connectivity index (χ2v) is 7.18. The van der Waals surface area contributed by atoms with Gasteiger partial charge in [0, 0.05) is 24.2 Å². The maximum absolute atomic E-state index is 11.2. The van der Waals surface area contributed by atoms with Crippen molar-refractivity contribution in [3.63, 3.8) is 0 Å². The van der Waals surface area contributed by atoms with Crippen LogP contribution >= 0.6 is 0 Å². The number of ether oxygens (including phenoxy) is 1. The molecule has 2 aromatic rings. The van der Waals surface area contributed by atoms with E-state index in [-0.39, 0.29) is 12.0 Å². The van der Waals surface area contributed by atoms with Crippen LogP contribution in [-0.4, -0.2) is 51.9 Å². The molecule has 5 atom stereocenters. The molecule has 1 aromatic carbocycles. The molecule has 2 bridgehead atoms. The molecule has 0 aliphatic carbocycles. The van der Waals surface area contributed by atoms with E-state index >= 15 is 0 Å². The van der Waals surface area contributed by atoms with Gasteiger partial charge < -0.3 is 14.9 Å². The van der Waals surface area contributed by atoms with Gasteiger partial charge in [0.25, 0.3) is 0 Å². The highest BCUT2D eigenvalue weighted by Crippen LogP contribution is 2.44. The second kappa shape index (κ2) is 6.09. The van der Waals surface area contributed by atoms with Crippen LogP contribution in [-0.2, 0) is 0 Å². The van der Waals surface area contributed by atoms with Gasteiger partial charge in [0.05, 0.1) is 24.3 Å². The fraction of sp³-hybridized carbons (Fsp3) is 0.450. The average Bonchev–Trinajstić information content (AvgIpc) is 2.66. The molecule has 3 fully saturated rings. The van der Waals surface area contributed by atoms with Gasteiger partial charge in [0.15, 0.2) is 0 Å². The number of hydrogen-bond donors (Lipinski definition) is 2. The lowest BCUT2D eigenvalue weighted by Gasteiger charge is -2.54. The molecule has 5 rings (SSSR count). The number of piperidine rings is 3. The average molecular weight is 340 g/mol. The first-order valence-corrected chi connectivity index (χ1v) is 8.76. The topological polar surface area (TPSA) is 65.8 Å². The minimum atomic E-state index is -0.835. The Bertz CT molecular complexity index is 809. The third-order valence-electron chi connectivity index (χ3n) is 5.94. The van der Waals surface area contributed by atoms with Crippen molar-refractivity contribution in [1.82, 2.24) is 9.88 Å². The number of pyridine rings is 1. The number of aliphatic hydroxyl groups is 2. The quantitative estimate of drug-likeness (QED) is 0.836. The van der Waals surface area contributed by atoms with Crippen LogP contribution in [0.15, 0.2) is 43.1 Å². The second-order valence-electron chi connectivity index (χ2n) is 7.18. The van der Waals surface area contributed by atoms with Gasteiger partial charge in [-0.15, -0.1) is 6.58 Å². The summed E-state index contributed by atoms with van der Waals surface area (Å²) in [5, 5.41) is 22.8. The van der Waals surface area contributed by atoms with Gasteiger partial charge in [-0.2, -0.15) is 0 Å². The number of aromatic nitrogens is 1. The summed E-state index contributed by atoms with van der Waals surface area (Å²) in [5.41, 5.74) is 0.873. The number of aliphatic hydroxyl groups excluding tert-OH is 1. The van der Waals surface area contributed by atoms with E-state index < -0.39 is 11.7 Å². The van der Waals surface area contributed by atoms with Crippen molar-refractivity contribution in [2.75, 3.05) is 20.2 Å². The highest BCUT2D eigenvalue weighted by Gasteiger charge is 2.49. The molecular weight excluding hydrogens is 316 g/mol. The zero-order valence-corrected chi connectivity index (χ0v) is 14.4. The fourth-order valence-electron chi connectivity index (χ4n) is 4.45. The van der Waals surface area contributed by atoms with Gasteiger partial charge in [-0.3, -0.25) is 9.88 Å². The van der Waals surface area contributed by atoms with Gasteiger partial charge in [0.2, 0.25) is 0 Å². The first-order valence-electron chi connectivity index (χ1n) is 8.76. The van der Waals surface area contributed by atoms with Crippen LogP contribution in [0, 0.1) is 5.92 Å². The summed E-state index contributed by atoms with van der Waals surface area (Å²) in [6.07, 6.45) is 4.48. The van der Waals surface area contributed by atoms with Crippen LogP contribution in [0.25, 0.3) is 10.9 Å². The molecule has 0 saturated carbocycles. The van der Waals surface area contributed by atoms with Crippen molar-refractivity contribution < 1.29 is 14.9 Å². The molecular formula is C20H24N2O3. The van der Waals surface area contributed by atoms with Gasteiger partial charge in [0.1, 0.15) is 5.75 Å². The molecule has 3 aliphatic heterocycles. The Balaban J connectivity index is 1.69. The molecule has 1 aromatic heterocycles. The van der Waals surface area contributed by atoms with E-state index in [1.807, 2.05) is 24.3 Å². The molecule has 0 amide bonds. The number of rotatable bonds is 4. The maximum Gasteiger partial charge on any atom is 0.119 e. The van der Waals surface area contributed by atoms with Crippen LogP contribution < -0.4 is 4.74 Å². The molecule has 0 spiro atoms. The Morgan fingerprint density at radius 2 is 2.28 bits per heavy atom. The van der Waals surface area contributed by atoms with Gasteiger partial charge in [-0.1, -0.05) is 6.08 Å². The van der Waals surface area contributed by atoms with E-state index in [9.17, 15) is 10.2 Å².